The van der Waals surface area contributed by atoms with E-state index in [2.05, 4.69) is 20.8 Å². The van der Waals surface area contributed by atoms with E-state index in [4.69, 9.17) is 5.73 Å². The summed E-state index contributed by atoms with van der Waals surface area (Å²) < 4.78 is 1.82. The van der Waals surface area contributed by atoms with Crippen molar-refractivity contribution in [2.45, 2.75) is 13.5 Å². The van der Waals surface area contributed by atoms with Crippen molar-refractivity contribution in [1.82, 2.24) is 20.1 Å². The fourth-order valence-corrected chi connectivity index (χ4v) is 1.75. The predicted molar refractivity (Wildman–Crippen MR) is 77.2 cm³/mol. The number of carbonyl (C=O) groups excluding carboxylic acids is 1. The second-order valence-corrected chi connectivity index (χ2v) is 4.37. The van der Waals surface area contributed by atoms with Crippen LogP contribution in [0.3, 0.4) is 0 Å². The Kier molecular flexibility index (Phi) is 4.19. The average Bonchev–Trinajstić information content (AvgIpc) is 2.83. The summed E-state index contributed by atoms with van der Waals surface area (Å²) in [5.41, 5.74) is 7.76. The van der Waals surface area contributed by atoms with E-state index in [0.717, 1.165) is 5.82 Å². The fraction of sp³-hybridized carbons (Fsp3) is 0.308. The highest BCUT2D eigenvalue weighted by molar-refractivity contribution is 5.96. The van der Waals surface area contributed by atoms with Crippen LogP contribution in [0.5, 0.6) is 0 Å². The van der Waals surface area contributed by atoms with Crippen LogP contribution in [0.2, 0.25) is 0 Å². The Hall–Kier alpha value is -2.57. The van der Waals surface area contributed by atoms with Gasteiger partial charge in [-0.25, -0.2) is 0 Å². The van der Waals surface area contributed by atoms with Gasteiger partial charge >= 0.3 is 0 Å². The fourth-order valence-electron chi connectivity index (χ4n) is 1.75. The standard InChI is InChI=1S/C13H18N6O/c1-3-15-13(20)9-4-5-10(14)11(6-9)16-7-12-18-17-8-19(12)2/h4-6,8,16H,3,7,14H2,1-2H3,(H,15,20). The molecule has 0 spiro atoms. The number of carbonyl (C=O) groups is 1. The van der Waals surface area contributed by atoms with Crippen molar-refractivity contribution in [1.29, 1.82) is 0 Å². The van der Waals surface area contributed by atoms with Crippen molar-refractivity contribution >= 4 is 17.3 Å². The van der Waals surface area contributed by atoms with E-state index in [1.165, 1.54) is 0 Å². The number of hydrogen-bond acceptors (Lipinski definition) is 5. The third-order valence-electron chi connectivity index (χ3n) is 2.89. The van der Waals surface area contributed by atoms with Crippen LogP contribution < -0.4 is 16.4 Å². The molecular weight excluding hydrogens is 256 g/mol. The van der Waals surface area contributed by atoms with Gasteiger partial charge in [-0.1, -0.05) is 0 Å². The van der Waals surface area contributed by atoms with Crippen LogP contribution >= 0.6 is 0 Å². The molecule has 0 aliphatic carbocycles. The van der Waals surface area contributed by atoms with Crippen molar-refractivity contribution in [3.05, 3.63) is 35.9 Å². The minimum absolute atomic E-state index is 0.116. The maximum absolute atomic E-state index is 11.8. The molecule has 20 heavy (non-hydrogen) atoms. The first-order valence-electron chi connectivity index (χ1n) is 6.36. The lowest BCUT2D eigenvalue weighted by Crippen LogP contribution is -2.22. The molecule has 0 bridgehead atoms. The third-order valence-corrected chi connectivity index (χ3v) is 2.89. The zero-order valence-electron chi connectivity index (χ0n) is 11.6. The van der Waals surface area contributed by atoms with Crippen LogP contribution in [0.15, 0.2) is 24.5 Å². The van der Waals surface area contributed by atoms with Crippen LogP contribution in [0.4, 0.5) is 11.4 Å². The van der Waals surface area contributed by atoms with Gasteiger partial charge in [0, 0.05) is 19.2 Å². The first-order chi connectivity index (χ1) is 9.61. The zero-order valence-corrected chi connectivity index (χ0v) is 11.6. The number of aryl methyl sites for hydroxylation is 1. The van der Waals surface area contributed by atoms with Gasteiger partial charge in [-0.05, 0) is 25.1 Å². The summed E-state index contributed by atoms with van der Waals surface area (Å²) in [6.45, 7) is 2.95. The molecule has 7 heteroatoms. The molecule has 2 rings (SSSR count). The smallest absolute Gasteiger partial charge is 0.251 e. The van der Waals surface area contributed by atoms with Gasteiger partial charge < -0.3 is 20.9 Å². The number of nitrogens with zero attached hydrogens (tertiary/aromatic N) is 3. The Morgan fingerprint density at radius 3 is 2.90 bits per heavy atom. The summed E-state index contributed by atoms with van der Waals surface area (Å²) >= 11 is 0. The monoisotopic (exact) mass is 274 g/mol. The highest BCUT2D eigenvalue weighted by Gasteiger charge is 2.08. The molecular formula is C13H18N6O. The molecule has 0 fully saturated rings. The van der Waals surface area contributed by atoms with Gasteiger partial charge in [0.25, 0.3) is 5.91 Å². The van der Waals surface area contributed by atoms with Crippen LogP contribution in [-0.2, 0) is 13.6 Å². The number of nitrogens with one attached hydrogen (secondary N) is 2. The van der Waals surface area contributed by atoms with E-state index in [9.17, 15) is 4.79 Å². The molecule has 0 aliphatic heterocycles. The number of nitrogen functional groups attached to an aromatic ring is 1. The van der Waals surface area contributed by atoms with Gasteiger partial charge in [-0.3, -0.25) is 4.79 Å². The minimum atomic E-state index is -0.116. The summed E-state index contributed by atoms with van der Waals surface area (Å²) in [5.74, 6) is 0.669. The molecule has 0 radical (unpaired) electrons. The Morgan fingerprint density at radius 2 is 2.25 bits per heavy atom. The van der Waals surface area contributed by atoms with Crippen LogP contribution in [0.25, 0.3) is 0 Å². The quantitative estimate of drug-likeness (QED) is 0.699. The minimum Gasteiger partial charge on any atom is -0.397 e. The van der Waals surface area contributed by atoms with E-state index in [-0.39, 0.29) is 5.91 Å². The molecule has 1 aromatic carbocycles. The van der Waals surface area contributed by atoms with E-state index in [1.807, 2.05) is 18.5 Å². The van der Waals surface area contributed by atoms with Crippen molar-refractivity contribution in [2.24, 2.45) is 7.05 Å². The summed E-state index contributed by atoms with van der Waals surface area (Å²) in [6, 6.07) is 5.15. The van der Waals surface area contributed by atoms with Crippen LogP contribution in [0, 0.1) is 0 Å². The maximum atomic E-state index is 11.8. The molecule has 0 aliphatic rings. The third kappa shape index (κ3) is 3.05. The van der Waals surface area contributed by atoms with E-state index in [1.54, 1.807) is 24.5 Å². The lowest BCUT2D eigenvalue weighted by atomic mass is 10.1. The highest BCUT2D eigenvalue weighted by Crippen LogP contribution is 2.20. The predicted octanol–water partition coefficient (Wildman–Crippen LogP) is 0.759. The second-order valence-electron chi connectivity index (χ2n) is 4.37. The SMILES string of the molecule is CCNC(=O)c1ccc(N)c(NCc2nncn2C)c1. The molecule has 0 unspecified atom stereocenters. The number of hydrogen-bond donors (Lipinski definition) is 3. The Balaban J connectivity index is 2.12. The number of amides is 1. The summed E-state index contributed by atoms with van der Waals surface area (Å²) in [4.78, 5) is 11.8. The van der Waals surface area contributed by atoms with E-state index < -0.39 is 0 Å². The lowest BCUT2D eigenvalue weighted by Gasteiger charge is -2.11. The first kappa shape index (κ1) is 13.9. The summed E-state index contributed by atoms with van der Waals surface area (Å²) in [6.07, 6.45) is 1.63. The topological polar surface area (TPSA) is 97.9 Å². The molecule has 0 atom stereocenters. The maximum Gasteiger partial charge on any atom is 0.251 e. The molecule has 0 saturated heterocycles. The van der Waals surface area contributed by atoms with Crippen molar-refractivity contribution in [3.8, 4) is 0 Å². The van der Waals surface area contributed by atoms with Crippen LogP contribution in [0.1, 0.15) is 23.1 Å². The first-order valence-corrected chi connectivity index (χ1v) is 6.36. The molecule has 1 aromatic heterocycles. The Bertz CT molecular complexity index is 607. The van der Waals surface area contributed by atoms with E-state index >= 15 is 0 Å². The molecule has 2 aromatic rings. The van der Waals surface area contributed by atoms with Crippen LogP contribution in [-0.4, -0.2) is 27.2 Å². The normalized spacial score (nSPS) is 10.3. The Labute approximate surface area is 117 Å². The van der Waals surface area contributed by atoms with Gasteiger partial charge in [0.1, 0.15) is 6.33 Å². The molecule has 1 heterocycles. The van der Waals surface area contributed by atoms with Crippen molar-refractivity contribution < 1.29 is 4.79 Å². The van der Waals surface area contributed by atoms with E-state index in [0.29, 0.717) is 30.0 Å². The molecule has 1 amide bonds. The largest absolute Gasteiger partial charge is 0.397 e. The zero-order chi connectivity index (χ0) is 14.5. The van der Waals surface area contributed by atoms with Gasteiger partial charge in [-0.2, -0.15) is 0 Å². The second kappa shape index (κ2) is 6.05. The van der Waals surface area contributed by atoms with Crippen molar-refractivity contribution in [2.75, 3.05) is 17.6 Å². The number of benzene rings is 1. The lowest BCUT2D eigenvalue weighted by molar-refractivity contribution is 0.0956. The molecule has 0 saturated carbocycles. The van der Waals surface area contributed by atoms with Gasteiger partial charge in [-0.15, -0.1) is 10.2 Å². The van der Waals surface area contributed by atoms with Crippen molar-refractivity contribution in [3.63, 3.8) is 0 Å². The number of rotatable bonds is 5. The average molecular weight is 274 g/mol. The molecule has 106 valence electrons. The number of nitrogens with two attached hydrogens (primary N) is 1. The Morgan fingerprint density at radius 1 is 1.45 bits per heavy atom. The van der Waals surface area contributed by atoms with Gasteiger partial charge in [0.15, 0.2) is 5.82 Å². The van der Waals surface area contributed by atoms with Gasteiger partial charge in [0.05, 0.1) is 17.9 Å². The number of aromatic nitrogens is 3. The van der Waals surface area contributed by atoms with Gasteiger partial charge in [0.2, 0.25) is 0 Å². The number of anilines is 2. The summed E-state index contributed by atoms with van der Waals surface area (Å²) in [7, 11) is 1.87. The highest BCUT2D eigenvalue weighted by atomic mass is 16.1. The summed E-state index contributed by atoms with van der Waals surface area (Å²) in [5, 5.41) is 13.7. The molecule has 7 nitrogen and oxygen atoms in total. The molecule has 4 N–H and O–H groups in total.